The molecule has 1 aliphatic carbocycles. The minimum atomic E-state index is 0.370. The number of ether oxygens (including phenoxy) is 2. The Morgan fingerprint density at radius 1 is 1.11 bits per heavy atom. The average Bonchev–Trinajstić information content (AvgIpc) is 2.59. The Kier molecular flexibility index (Phi) is 5.63. The molecule has 156 valence electrons. The SMILES string of the molecule is COc1cc2c(cc1OCC1CCC1)CCN1CC(CC(C)(C)C)N(C)CC21. The quantitative estimate of drug-likeness (QED) is 0.743. The van der Waals surface area contributed by atoms with Crippen LogP contribution in [0.1, 0.15) is 63.6 Å². The van der Waals surface area contributed by atoms with Gasteiger partial charge in [0.15, 0.2) is 11.5 Å². The Balaban J connectivity index is 1.52. The minimum Gasteiger partial charge on any atom is -0.493 e. The highest BCUT2D eigenvalue weighted by atomic mass is 16.5. The van der Waals surface area contributed by atoms with Gasteiger partial charge in [0.25, 0.3) is 0 Å². The lowest BCUT2D eigenvalue weighted by Crippen LogP contribution is -2.55. The number of fused-ring (bicyclic) bond motifs is 3. The number of hydrogen-bond donors (Lipinski definition) is 0. The number of likely N-dealkylation sites (N-methyl/N-ethyl adjacent to an activating group) is 1. The van der Waals surface area contributed by atoms with E-state index in [0.717, 1.165) is 43.5 Å². The molecule has 1 saturated heterocycles. The summed E-state index contributed by atoms with van der Waals surface area (Å²) in [6.07, 6.45) is 6.34. The number of hydrogen-bond acceptors (Lipinski definition) is 4. The molecule has 2 aliphatic heterocycles. The molecule has 0 bridgehead atoms. The maximum absolute atomic E-state index is 6.18. The largest absolute Gasteiger partial charge is 0.493 e. The van der Waals surface area contributed by atoms with E-state index >= 15 is 0 Å². The molecule has 2 heterocycles. The van der Waals surface area contributed by atoms with Gasteiger partial charge < -0.3 is 14.4 Å². The lowest BCUT2D eigenvalue weighted by molar-refractivity contribution is 0.0213. The van der Waals surface area contributed by atoms with E-state index in [-0.39, 0.29) is 0 Å². The summed E-state index contributed by atoms with van der Waals surface area (Å²) in [6.45, 7) is 11.3. The second kappa shape index (κ2) is 7.87. The van der Waals surface area contributed by atoms with Gasteiger partial charge in [-0.2, -0.15) is 0 Å². The molecule has 3 aliphatic rings. The molecule has 0 aromatic heterocycles. The zero-order valence-corrected chi connectivity index (χ0v) is 18.5. The smallest absolute Gasteiger partial charge is 0.161 e. The maximum Gasteiger partial charge on any atom is 0.161 e. The Bertz CT molecular complexity index is 693. The van der Waals surface area contributed by atoms with Gasteiger partial charge in [0, 0.05) is 31.7 Å². The lowest BCUT2D eigenvalue weighted by Gasteiger charge is -2.49. The summed E-state index contributed by atoms with van der Waals surface area (Å²) in [5, 5.41) is 0. The molecular weight excluding hydrogens is 348 g/mol. The van der Waals surface area contributed by atoms with E-state index in [9.17, 15) is 0 Å². The van der Waals surface area contributed by atoms with E-state index in [0.29, 0.717) is 17.5 Å². The molecule has 0 radical (unpaired) electrons. The molecule has 0 amide bonds. The fourth-order valence-corrected chi connectivity index (χ4v) is 5.09. The summed E-state index contributed by atoms with van der Waals surface area (Å²) in [5.41, 5.74) is 3.27. The van der Waals surface area contributed by atoms with Crippen LogP contribution in [0.25, 0.3) is 0 Å². The molecule has 4 nitrogen and oxygen atoms in total. The summed E-state index contributed by atoms with van der Waals surface area (Å²) in [6, 6.07) is 5.65. The van der Waals surface area contributed by atoms with Gasteiger partial charge in [0.05, 0.1) is 13.7 Å². The molecule has 0 spiro atoms. The van der Waals surface area contributed by atoms with E-state index in [1.165, 1.54) is 43.4 Å². The van der Waals surface area contributed by atoms with Crippen molar-refractivity contribution in [2.75, 3.05) is 40.4 Å². The first-order chi connectivity index (χ1) is 13.3. The fourth-order valence-electron chi connectivity index (χ4n) is 5.09. The zero-order valence-electron chi connectivity index (χ0n) is 18.5. The second-order valence-corrected chi connectivity index (χ2v) is 10.4. The van der Waals surface area contributed by atoms with Crippen molar-refractivity contribution >= 4 is 0 Å². The van der Waals surface area contributed by atoms with Gasteiger partial charge in [-0.15, -0.1) is 0 Å². The van der Waals surface area contributed by atoms with Gasteiger partial charge >= 0.3 is 0 Å². The monoisotopic (exact) mass is 386 g/mol. The molecule has 2 unspecified atom stereocenters. The van der Waals surface area contributed by atoms with E-state index in [4.69, 9.17) is 9.47 Å². The molecule has 1 aromatic carbocycles. The molecule has 28 heavy (non-hydrogen) atoms. The third-order valence-corrected chi connectivity index (χ3v) is 6.97. The third-order valence-electron chi connectivity index (χ3n) is 6.97. The highest BCUT2D eigenvalue weighted by Crippen LogP contribution is 2.41. The van der Waals surface area contributed by atoms with Gasteiger partial charge in [0.2, 0.25) is 0 Å². The highest BCUT2D eigenvalue weighted by molar-refractivity contribution is 5.49. The van der Waals surface area contributed by atoms with Crippen LogP contribution in [0.3, 0.4) is 0 Å². The Hall–Kier alpha value is -1.26. The molecule has 1 saturated carbocycles. The van der Waals surface area contributed by atoms with Crippen LogP contribution in [-0.2, 0) is 6.42 Å². The van der Waals surface area contributed by atoms with Crippen LogP contribution in [-0.4, -0.2) is 56.2 Å². The summed E-state index contributed by atoms with van der Waals surface area (Å²) in [7, 11) is 4.07. The van der Waals surface area contributed by atoms with Crippen molar-refractivity contribution in [3.05, 3.63) is 23.3 Å². The first-order valence-corrected chi connectivity index (χ1v) is 11.1. The zero-order chi connectivity index (χ0) is 19.9. The highest BCUT2D eigenvalue weighted by Gasteiger charge is 2.38. The van der Waals surface area contributed by atoms with Crippen LogP contribution in [0.2, 0.25) is 0 Å². The summed E-state index contributed by atoms with van der Waals surface area (Å²) >= 11 is 0. The molecule has 1 aromatic rings. The number of methoxy groups -OCH3 is 1. The number of piperazine rings is 1. The van der Waals surface area contributed by atoms with Crippen LogP contribution in [0.4, 0.5) is 0 Å². The number of rotatable bonds is 5. The average molecular weight is 387 g/mol. The molecule has 4 heteroatoms. The van der Waals surface area contributed by atoms with E-state index < -0.39 is 0 Å². The predicted octanol–water partition coefficient (Wildman–Crippen LogP) is 4.52. The summed E-state index contributed by atoms with van der Waals surface area (Å²) in [4.78, 5) is 5.28. The van der Waals surface area contributed by atoms with Crippen molar-refractivity contribution in [1.29, 1.82) is 0 Å². The van der Waals surface area contributed by atoms with E-state index in [2.05, 4.69) is 49.8 Å². The van der Waals surface area contributed by atoms with Crippen molar-refractivity contribution in [2.24, 2.45) is 11.3 Å². The molecule has 2 atom stereocenters. The first kappa shape index (κ1) is 20.0. The maximum atomic E-state index is 6.18. The molecule has 4 rings (SSSR count). The van der Waals surface area contributed by atoms with E-state index in [1.54, 1.807) is 7.11 Å². The van der Waals surface area contributed by atoms with Crippen LogP contribution < -0.4 is 9.47 Å². The molecular formula is C24H38N2O2. The van der Waals surface area contributed by atoms with Crippen molar-refractivity contribution in [1.82, 2.24) is 9.80 Å². The van der Waals surface area contributed by atoms with Crippen molar-refractivity contribution in [3.63, 3.8) is 0 Å². The minimum absolute atomic E-state index is 0.370. The lowest BCUT2D eigenvalue weighted by atomic mass is 9.84. The number of nitrogens with zero attached hydrogens (tertiary/aromatic N) is 2. The third kappa shape index (κ3) is 4.18. The predicted molar refractivity (Wildman–Crippen MR) is 114 cm³/mol. The van der Waals surface area contributed by atoms with Crippen molar-refractivity contribution in [3.8, 4) is 11.5 Å². The normalized spacial score (nSPS) is 26.3. The van der Waals surface area contributed by atoms with Gasteiger partial charge in [-0.05, 0) is 67.3 Å². The second-order valence-electron chi connectivity index (χ2n) is 10.4. The van der Waals surface area contributed by atoms with Crippen LogP contribution in [0, 0.1) is 11.3 Å². The molecule has 0 N–H and O–H groups in total. The van der Waals surface area contributed by atoms with Gasteiger partial charge in [-0.25, -0.2) is 0 Å². The van der Waals surface area contributed by atoms with Gasteiger partial charge in [0.1, 0.15) is 0 Å². The van der Waals surface area contributed by atoms with Crippen LogP contribution in [0.5, 0.6) is 11.5 Å². The van der Waals surface area contributed by atoms with Crippen LogP contribution in [0.15, 0.2) is 12.1 Å². The number of benzene rings is 1. The molecule has 2 fully saturated rings. The van der Waals surface area contributed by atoms with Crippen molar-refractivity contribution < 1.29 is 9.47 Å². The van der Waals surface area contributed by atoms with E-state index in [1.807, 2.05) is 0 Å². The summed E-state index contributed by atoms with van der Waals surface area (Å²) < 4.78 is 11.9. The Morgan fingerprint density at radius 2 is 1.89 bits per heavy atom. The Labute approximate surface area is 171 Å². The van der Waals surface area contributed by atoms with Crippen molar-refractivity contribution in [2.45, 2.75) is 65.0 Å². The van der Waals surface area contributed by atoms with Gasteiger partial charge in [-0.1, -0.05) is 27.2 Å². The standard InChI is InChI=1S/C24H38N2O2/c1-24(2,3)13-19-14-26-10-9-18-11-23(28-16-17-7-6-8-17)22(27-5)12-20(18)21(26)15-25(19)4/h11-12,17,19,21H,6-10,13-16H2,1-5H3. The first-order valence-electron chi connectivity index (χ1n) is 11.1. The fraction of sp³-hybridized carbons (Fsp3) is 0.750. The summed E-state index contributed by atoms with van der Waals surface area (Å²) in [5.74, 6) is 2.58. The van der Waals surface area contributed by atoms with Gasteiger partial charge in [-0.3, -0.25) is 4.90 Å². The topological polar surface area (TPSA) is 24.9 Å². The van der Waals surface area contributed by atoms with Crippen LogP contribution >= 0.6 is 0 Å². The Morgan fingerprint density at radius 3 is 2.54 bits per heavy atom.